The Balaban J connectivity index is 0.000000401. The number of hydrogen-bond donors (Lipinski definition) is 7. The van der Waals surface area contributed by atoms with Crippen LogP contribution in [0.3, 0.4) is 0 Å². The number of rotatable bonds is 4. The first-order chi connectivity index (χ1) is 12.0. The third-order valence-electron chi connectivity index (χ3n) is 2.30. The molecule has 2 heterocycles. The van der Waals surface area contributed by atoms with Gasteiger partial charge in [0.15, 0.2) is 0 Å². The molecule has 0 aliphatic heterocycles. The van der Waals surface area contributed by atoms with Crippen LogP contribution in [0.4, 0.5) is 0 Å². The zero-order valence-corrected chi connectivity index (χ0v) is 12.8. The molecule has 15 heteroatoms. The number of aromatic nitrogens is 4. The van der Waals surface area contributed by atoms with Gasteiger partial charge in [-0.2, -0.15) is 0 Å². The van der Waals surface area contributed by atoms with Gasteiger partial charge >= 0.3 is 17.6 Å². The lowest BCUT2D eigenvalue weighted by Crippen LogP contribution is -2.32. The summed E-state index contributed by atoms with van der Waals surface area (Å²) < 4.78 is 0. The van der Waals surface area contributed by atoms with Gasteiger partial charge in [0.05, 0.1) is 6.33 Å². The summed E-state index contributed by atoms with van der Waals surface area (Å²) in [6.07, 6.45) is 3.34. The zero-order chi connectivity index (χ0) is 20.3. The van der Waals surface area contributed by atoms with Gasteiger partial charge in [-0.1, -0.05) is 0 Å². The van der Waals surface area contributed by atoms with Gasteiger partial charge < -0.3 is 31.1 Å². The van der Waals surface area contributed by atoms with E-state index in [0.29, 0.717) is 0 Å². The summed E-state index contributed by atoms with van der Waals surface area (Å²) in [6, 6.07) is -0.0561. The average Bonchev–Trinajstić information content (AvgIpc) is 2.99. The second-order valence-corrected chi connectivity index (χ2v) is 4.27. The summed E-state index contributed by atoms with van der Waals surface area (Å²) >= 11 is 0. The maximum Gasteiger partial charge on any atom is 0.352 e. The van der Waals surface area contributed by atoms with Crippen LogP contribution in [0.2, 0.25) is 0 Å². The van der Waals surface area contributed by atoms with Gasteiger partial charge in [-0.3, -0.25) is 14.6 Å². The van der Waals surface area contributed by atoms with Gasteiger partial charge in [-0.05, 0) is 0 Å². The Morgan fingerprint density at radius 1 is 1.31 bits per heavy atom. The second kappa shape index (κ2) is 10.7. The lowest BCUT2D eigenvalue weighted by atomic mass is 10.2. The van der Waals surface area contributed by atoms with Crippen molar-refractivity contribution in [3.8, 4) is 0 Å². The number of carbonyl (C=O) groups is 2. The molecular formula is C11H14N6O9. The molecule has 8 N–H and O–H groups in total. The van der Waals surface area contributed by atoms with E-state index in [9.17, 15) is 19.2 Å². The predicted octanol–water partition coefficient (Wildman–Crippen LogP) is -2.22. The first-order valence-corrected chi connectivity index (χ1v) is 6.38. The van der Waals surface area contributed by atoms with Crippen LogP contribution in [0, 0.1) is 10.1 Å². The highest BCUT2D eigenvalue weighted by Crippen LogP contribution is 1.95. The van der Waals surface area contributed by atoms with Crippen molar-refractivity contribution in [2.45, 2.75) is 12.5 Å². The minimum atomic E-state index is -1.50. The topological polar surface area (TPSA) is 258 Å². The summed E-state index contributed by atoms with van der Waals surface area (Å²) in [6.45, 7) is 0. The van der Waals surface area contributed by atoms with Gasteiger partial charge in [0.25, 0.3) is 10.6 Å². The predicted molar refractivity (Wildman–Crippen MR) is 81.3 cm³/mol. The zero-order valence-electron chi connectivity index (χ0n) is 12.8. The molecule has 2 aromatic heterocycles. The summed E-state index contributed by atoms with van der Waals surface area (Å²) in [4.78, 5) is 60.0. The molecule has 0 aliphatic carbocycles. The Hall–Kier alpha value is -4.01. The van der Waals surface area contributed by atoms with E-state index in [1.807, 2.05) is 9.97 Å². The first kappa shape index (κ1) is 22.0. The SMILES string of the molecule is N[C@@H](Cc1cnc[nH]1)C(=O)O.O=C(O)c1cc(=O)[nH]c(=O)[nH]1.O=[N+]([O-])O. The summed E-state index contributed by atoms with van der Waals surface area (Å²) in [7, 11) is 0. The van der Waals surface area contributed by atoms with E-state index in [4.69, 9.17) is 31.3 Å². The van der Waals surface area contributed by atoms with Crippen LogP contribution in [0.1, 0.15) is 16.2 Å². The van der Waals surface area contributed by atoms with Gasteiger partial charge in [0.2, 0.25) is 0 Å². The molecule has 0 fully saturated rings. The Bertz CT molecular complexity index is 808. The molecule has 142 valence electrons. The number of imidazole rings is 1. The number of aliphatic carboxylic acids is 1. The van der Waals surface area contributed by atoms with Crippen molar-refractivity contribution in [3.63, 3.8) is 0 Å². The number of carboxylic acid groups (broad SMARTS) is 2. The van der Waals surface area contributed by atoms with Crippen LogP contribution < -0.4 is 17.0 Å². The number of nitrogens with two attached hydrogens (primary N) is 1. The standard InChI is InChI=1S/C6H9N3O2.C5H4N2O4.HNO3/c7-5(6(10)11)1-4-2-8-3-9-4;8-3-1-2(4(9)10)6-5(11)7-3;2-1(3)4/h2-3,5H,1,7H2,(H,8,9)(H,10,11);1H,(H,9,10)(H2,6,7,8,11);(H,2,3,4)/t5-;;/m0../s1. The monoisotopic (exact) mass is 374 g/mol. The maximum atomic E-state index is 10.5. The van der Waals surface area contributed by atoms with Crippen LogP contribution in [-0.2, 0) is 11.2 Å². The van der Waals surface area contributed by atoms with E-state index in [0.717, 1.165) is 11.8 Å². The third kappa shape index (κ3) is 9.90. The Morgan fingerprint density at radius 3 is 2.27 bits per heavy atom. The molecule has 0 saturated heterocycles. The molecule has 0 aromatic carbocycles. The van der Waals surface area contributed by atoms with Crippen molar-refractivity contribution in [3.05, 3.63) is 60.9 Å². The van der Waals surface area contributed by atoms with E-state index in [1.165, 1.54) is 6.33 Å². The van der Waals surface area contributed by atoms with Crippen LogP contribution in [-0.4, -0.2) is 58.4 Å². The third-order valence-corrected chi connectivity index (χ3v) is 2.30. The van der Waals surface area contributed by atoms with Crippen molar-refractivity contribution in [1.82, 2.24) is 19.9 Å². The van der Waals surface area contributed by atoms with Gasteiger partial charge in [-0.25, -0.2) is 14.6 Å². The molecule has 0 radical (unpaired) electrons. The minimum absolute atomic E-state index is 0.287. The quantitative estimate of drug-likeness (QED) is 0.222. The fourth-order valence-corrected chi connectivity index (χ4v) is 1.30. The summed E-state index contributed by atoms with van der Waals surface area (Å²) in [5, 5.41) is 30.4. The van der Waals surface area contributed by atoms with Crippen molar-refractivity contribution < 1.29 is 30.1 Å². The van der Waals surface area contributed by atoms with Crippen LogP contribution in [0.5, 0.6) is 0 Å². The van der Waals surface area contributed by atoms with Crippen molar-refractivity contribution in [2.24, 2.45) is 5.73 Å². The lowest BCUT2D eigenvalue weighted by molar-refractivity contribution is -0.742. The molecule has 0 saturated carbocycles. The molecule has 0 aliphatic rings. The van der Waals surface area contributed by atoms with Crippen molar-refractivity contribution >= 4 is 11.9 Å². The Labute approximate surface area is 142 Å². The number of aromatic amines is 3. The van der Waals surface area contributed by atoms with Gasteiger partial charge in [0.1, 0.15) is 11.7 Å². The number of aromatic carboxylic acids is 1. The van der Waals surface area contributed by atoms with E-state index in [-0.39, 0.29) is 6.42 Å². The van der Waals surface area contributed by atoms with Crippen molar-refractivity contribution in [2.75, 3.05) is 0 Å². The van der Waals surface area contributed by atoms with E-state index < -0.39 is 40.0 Å². The lowest BCUT2D eigenvalue weighted by Gasteiger charge is -2.02. The molecule has 0 spiro atoms. The van der Waals surface area contributed by atoms with Crippen LogP contribution in [0.15, 0.2) is 28.2 Å². The Kier molecular flexibility index (Phi) is 9.05. The second-order valence-electron chi connectivity index (χ2n) is 4.27. The number of hydrogen-bond acceptors (Lipinski definition) is 8. The van der Waals surface area contributed by atoms with Gasteiger partial charge in [0, 0.05) is 24.4 Å². The number of nitrogens with zero attached hydrogens (tertiary/aromatic N) is 2. The molecule has 0 amide bonds. The van der Waals surface area contributed by atoms with Crippen molar-refractivity contribution in [1.29, 1.82) is 0 Å². The molecule has 0 unspecified atom stereocenters. The number of H-pyrrole nitrogens is 3. The highest BCUT2D eigenvalue weighted by atomic mass is 16.9. The molecule has 15 nitrogen and oxygen atoms in total. The molecule has 1 atom stereocenters. The summed E-state index contributed by atoms with van der Waals surface area (Å²) in [5.74, 6) is -2.34. The Morgan fingerprint density at radius 2 is 1.88 bits per heavy atom. The first-order valence-electron chi connectivity index (χ1n) is 6.38. The van der Waals surface area contributed by atoms with E-state index in [2.05, 4.69) is 9.97 Å². The van der Waals surface area contributed by atoms with Gasteiger partial charge in [-0.15, -0.1) is 10.1 Å². The molecule has 2 rings (SSSR count). The molecular weight excluding hydrogens is 360 g/mol. The van der Waals surface area contributed by atoms with E-state index in [1.54, 1.807) is 6.20 Å². The summed E-state index contributed by atoms with van der Waals surface area (Å²) in [5.41, 5.74) is 4.02. The molecule has 2 aromatic rings. The number of carboxylic acids is 2. The highest BCUT2D eigenvalue weighted by Gasteiger charge is 2.12. The highest BCUT2D eigenvalue weighted by molar-refractivity contribution is 5.84. The average molecular weight is 374 g/mol. The number of nitrogens with one attached hydrogen (secondary N) is 3. The molecule has 26 heavy (non-hydrogen) atoms. The largest absolute Gasteiger partial charge is 0.480 e. The maximum absolute atomic E-state index is 10.5. The fraction of sp³-hybridized carbons (Fsp3) is 0.182. The fourth-order valence-electron chi connectivity index (χ4n) is 1.30. The smallest absolute Gasteiger partial charge is 0.352 e. The van der Waals surface area contributed by atoms with E-state index >= 15 is 0 Å². The van der Waals surface area contributed by atoms with Crippen LogP contribution >= 0.6 is 0 Å². The minimum Gasteiger partial charge on any atom is -0.480 e. The van der Waals surface area contributed by atoms with Crippen LogP contribution in [0.25, 0.3) is 0 Å². The normalized spacial score (nSPS) is 10.3. The molecule has 0 bridgehead atoms.